The minimum Gasteiger partial charge on any atom is -0.134 e. The Labute approximate surface area is 293 Å². The first-order valence-electron chi connectivity index (χ1n) is 18.1. The van der Waals surface area contributed by atoms with Gasteiger partial charge in [0.15, 0.2) is 0 Å². The molecule has 0 amide bonds. The van der Waals surface area contributed by atoms with Crippen molar-refractivity contribution in [3.63, 3.8) is 0 Å². The van der Waals surface area contributed by atoms with Crippen molar-refractivity contribution in [1.82, 2.24) is 0 Å². The zero-order valence-corrected chi connectivity index (χ0v) is 29.9. The first kappa shape index (κ1) is 31.3. The van der Waals surface area contributed by atoms with Crippen LogP contribution in [0.2, 0.25) is 0 Å². The highest BCUT2D eigenvalue weighted by Crippen LogP contribution is 2.51. The molecule has 0 unspecified atom stereocenters. The average Bonchev–Trinajstić information content (AvgIpc) is 3.67. The van der Waals surface area contributed by atoms with Crippen LogP contribution in [0.3, 0.4) is 0 Å². The van der Waals surface area contributed by atoms with Crippen LogP contribution < -0.4 is 0 Å². The molecule has 0 nitrogen and oxygen atoms in total. The van der Waals surface area contributed by atoms with Crippen molar-refractivity contribution >= 4 is 73.8 Å². The van der Waals surface area contributed by atoms with Crippen LogP contribution >= 0.6 is 22.7 Å². The molecule has 0 fully saturated rings. The van der Waals surface area contributed by atoms with Crippen LogP contribution in [-0.2, 0) is 12.8 Å². The van der Waals surface area contributed by atoms with Crippen LogP contribution in [0.4, 0.5) is 0 Å². The lowest BCUT2D eigenvalue weighted by atomic mass is 9.94. The van der Waals surface area contributed by atoms with Gasteiger partial charge in [0, 0.05) is 20.2 Å². The molecule has 2 aromatic heterocycles. The Balaban J connectivity index is 1.23. The van der Waals surface area contributed by atoms with E-state index in [0.29, 0.717) is 0 Å². The van der Waals surface area contributed by atoms with E-state index in [2.05, 4.69) is 123 Å². The number of unbranched alkanes of at least 4 members (excludes halogenated alkanes) is 6. The monoisotopic (exact) mass is 660 g/mol. The molecule has 48 heavy (non-hydrogen) atoms. The number of thiophene rings is 2. The van der Waals surface area contributed by atoms with Crippen molar-refractivity contribution in [2.24, 2.45) is 0 Å². The summed E-state index contributed by atoms with van der Waals surface area (Å²) in [5.41, 5.74) is 8.22. The Morgan fingerprint density at radius 2 is 0.812 bits per heavy atom. The Kier molecular flexibility index (Phi) is 9.04. The molecule has 0 aliphatic heterocycles. The molecule has 0 saturated heterocycles. The van der Waals surface area contributed by atoms with Gasteiger partial charge in [0.1, 0.15) is 0 Å². The highest BCUT2D eigenvalue weighted by atomic mass is 32.1. The van der Waals surface area contributed by atoms with Crippen molar-refractivity contribution in [3.05, 3.63) is 120 Å². The van der Waals surface area contributed by atoms with E-state index >= 15 is 0 Å². The normalized spacial score (nSPS) is 12.0. The Morgan fingerprint density at radius 3 is 1.21 bits per heavy atom. The van der Waals surface area contributed by atoms with Crippen LogP contribution in [0, 0.1) is 0 Å². The summed E-state index contributed by atoms with van der Waals surface area (Å²) >= 11 is 3.96. The van der Waals surface area contributed by atoms with Gasteiger partial charge in [-0.1, -0.05) is 149 Å². The largest absolute Gasteiger partial charge is 0.134 e. The van der Waals surface area contributed by atoms with E-state index in [1.54, 1.807) is 0 Å². The van der Waals surface area contributed by atoms with Gasteiger partial charge in [0.05, 0.1) is 9.40 Å². The van der Waals surface area contributed by atoms with E-state index in [1.165, 1.54) is 149 Å². The van der Waals surface area contributed by atoms with Crippen LogP contribution in [0.5, 0.6) is 0 Å². The summed E-state index contributed by atoms with van der Waals surface area (Å²) in [5, 5.41) is 8.26. The maximum atomic E-state index is 2.47. The van der Waals surface area contributed by atoms with Crippen molar-refractivity contribution in [2.75, 3.05) is 0 Å². The predicted molar refractivity (Wildman–Crippen MR) is 216 cm³/mol. The quantitative estimate of drug-likeness (QED) is 0.114. The van der Waals surface area contributed by atoms with E-state index in [-0.39, 0.29) is 0 Å². The molecule has 0 spiro atoms. The van der Waals surface area contributed by atoms with Gasteiger partial charge < -0.3 is 0 Å². The molecule has 2 heteroatoms. The van der Waals surface area contributed by atoms with Crippen molar-refractivity contribution in [3.8, 4) is 22.3 Å². The zero-order valence-electron chi connectivity index (χ0n) is 28.3. The van der Waals surface area contributed by atoms with Gasteiger partial charge in [-0.15, -0.1) is 22.7 Å². The van der Waals surface area contributed by atoms with Crippen molar-refractivity contribution in [2.45, 2.75) is 78.1 Å². The second kappa shape index (κ2) is 13.9. The lowest BCUT2D eigenvalue weighted by molar-refractivity contribution is 0.667. The summed E-state index contributed by atoms with van der Waals surface area (Å²) in [6, 6.07) is 41.9. The first-order chi connectivity index (χ1) is 23.7. The summed E-state index contributed by atoms with van der Waals surface area (Å²) in [4.78, 5) is 0. The SMILES string of the molecule is CCCCCCc1ccc(-c2cc3sc4c(sc5cc(-c6ccc(CCCCCC)cc6)c6ccccc6c54)c3c3ccccc23)cc1. The third-order valence-electron chi connectivity index (χ3n) is 10.3. The standard InChI is InChI=1S/C46H44S2/c1-3-5-7-9-15-31-21-25-33(26-22-31)39-29-41-43(37-19-13-11-17-35(37)39)45-46(47-41)44-38-20-14-12-18-36(38)40(30-42(44)48-45)34-27-23-32(24-28-34)16-10-8-6-4-2/h11-14,17-30H,3-10,15-16H2,1-2H3. The summed E-state index contributed by atoms with van der Waals surface area (Å²) in [7, 11) is 0. The fourth-order valence-corrected chi connectivity index (χ4v) is 10.5. The van der Waals surface area contributed by atoms with E-state index in [1.807, 2.05) is 22.7 Å². The molecule has 0 N–H and O–H groups in total. The fourth-order valence-electron chi connectivity index (χ4n) is 7.66. The van der Waals surface area contributed by atoms with E-state index in [4.69, 9.17) is 0 Å². The Morgan fingerprint density at radius 1 is 0.417 bits per heavy atom. The van der Waals surface area contributed by atoms with E-state index < -0.39 is 0 Å². The number of hydrogen-bond donors (Lipinski definition) is 0. The number of fused-ring (bicyclic) bond motifs is 9. The van der Waals surface area contributed by atoms with Crippen molar-refractivity contribution in [1.29, 1.82) is 0 Å². The second-order valence-electron chi connectivity index (χ2n) is 13.6. The smallest absolute Gasteiger partial charge is 0.0548 e. The molecule has 0 aliphatic rings. The second-order valence-corrected chi connectivity index (χ2v) is 15.7. The Bertz CT molecular complexity index is 2180. The molecule has 0 atom stereocenters. The Hall–Kier alpha value is -3.98. The van der Waals surface area contributed by atoms with Gasteiger partial charge in [-0.25, -0.2) is 0 Å². The molecule has 6 aromatic carbocycles. The summed E-state index contributed by atoms with van der Waals surface area (Å²) in [5.74, 6) is 0. The molecule has 240 valence electrons. The highest BCUT2D eigenvalue weighted by Gasteiger charge is 2.20. The van der Waals surface area contributed by atoms with Crippen LogP contribution in [0.25, 0.3) is 73.4 Å². The summed E-state index contributed by atoms with van der Waals surface area (Å²) < 4.78 is 5.64. The third-order valence-corrected chi connectivity index (χ3v) is 12.7. The van der Waals surface area contributed by atoms with Crippen molar-refractivity contribution < 1.29 is 0 Å². The van der Waals surface area contributed by atoms with Crippen LogP contribution in [0.15, 0.2) is 109 Å². The predicted octanol–water partition coefficient (Wildman–Crippen LogP) is 15.2. The number of aryl methyl sites for hydroxylation is 2. The number of benzene rings is 6. The minimum absolute atomic E-state index is 1.18. The zero-order chi connectivity index (χ0) is 32.5. The van der Waals surface area contributed by atoms with Gasteiger partial charge >= 0.3 is 0 Å². The molecule has 0 bridgehead atoms. The number of hydrogen-bond acceptors (Lipinski definition) is 2. The summed E-state index contributed by atoms with van der Waals surface area (Å²) in [6.07, 6.45) is 12.8. The maximum Gasteiger partial charge on any atom is 0.0548 e. The average molecular weight is 661 g/mol. The van der Waals surface area contributed by atoms with Gasteiger partial charge in [-0.3, -0.25) is 0 Å². The summed E-state index contributed by atoms with van der Waals surface area (Å²) in [6.45, 7) is 4.56. The van der Waals surface area contributed by atoms with Gasteiger partial charge in [-0.2, -0.15) is 0 Å². The molecular weight excluding hydrogens is 617 g/mol. The van der Waals surface area contributed by atoms with Gasteiger partial charge in [0.2, 0.25) is 0 Å². The molecule has 8 aromatic rings. The number of rotatable bonds is 12. The van der Waals surface area contributed by atoms with Gasteiger partial charge in [0.25, 0.3) is 0 Å². The molecular formula is C46H44S2. The lowest BCUT2D eigenvalue weighted by Crippen LogP contribution is -1.87. The van der Waals surface area contributed by atoms with Gasteiger partial charge in [-0.05, 0) is 92.7 Å². The minimum atomic E-state index is 1.18. The highest BCUT2D eigenvalue weighted by molar-refractivity contribution is 7.37. The topological polar surface area (TPSA) is 0 Å². The maximum absolute atomic E-state index is 2.47. The molecule has 2 heterocycles. The van der Waals surface area contributed by atoms with Crippen LogP contribution in [-0.4, -0.2) is 0 Å². The van der Waals surface area contributed by atoms with E-state index in [9.17, 15) is 0 Å². The van der Waals surface area contributed by atoms with Crippen LogP contribution in [0.1, 0.15) is 76.3 Å². The first-order valence-corrected chi connectivity index (χ1v) is 19.8. The molecule has 0 radical (unpaired) electrons. The van der Waals surface area contributed by atoms with E-state index in [0.717, 1.165) is 0 Å². The fraction of sp³-hybridized carbons (Fsp3) is 0.261. The molecule has 8 rings (SSSR count). The molecule has 0 saturated carbocycles. The molecule has 0 aliphatic carbocycles. The third kappa shape index (κ3) is 5.84. The lowest BCUT2D eigenvalue weighted by Gasteiger charge is -2.10.